The first kappa shape index (κ1) is 18.4. The topological polar surface area (TPSA) is 58.4 Å². The molecule has 1 aliphatic rings. The molecule has 1 saturated heterocycles. The van der Waals surface area contributed by atoms with E-state index in [4.69, 9.17) is 18.9 Å². The zero-order valence-electron chi connectivity index (χ0n) is 15.0. The minimum atomic E-state index is -0.0750. The van der Waals surface area contributed by atoms with E-state index < -0.39 is 0 Å². The average molecular weight is 338 g/mol. The lowest BCUT2D eigenvalue weighted by molar-refractivity contribution is -0.921. The third kappa shape index (κ3) is 4.32. The highest BCUT2D eigenvalue weighted by Gasteiger charge is 2.30. The molecule has 24 heavy (non-hydrogen) atoms. The highest BCUT2D eigenvalue weighted by Crippen LogP contribution is 2.34. The number of ether oxygens (including phenoxy) is 4. The summed E-state index contributed by atoms with van der Waals surface area (Å²) in [5.74, 6) is 2.02. The Kier molecular flexibility index (Phi) is 6.73. The second-order valence-corrected chi connectivity index (χ2v) is 5.99. The smallest absolute Gasteiger partial charge is 0.314 e. The number of methoxy groups -OCH3 is 3. The number of quaternary nitrogens is 1. The first-order valence-corrected chi connectivity index (χ1v) is 8.42. The lowest BCUT2D eigenvalue weighted by Crippen LogP contribution is -3.12. The molecule has 6 heteroatoms. The Morgan fingerprint density at radius 3 is 2.42 bits per heavy atom. The maximum Gasteiger partial charge on any atom is 0.314 e. The fourth-order valence-electron chi connectivity index (χ4n) is 3.27. The minimum absolute atomic E-state index is 0.0140. The van der Waals surface area contributed by atoms with Crippen molar-refractivity contribution in [2.45, 2.75) is 26.3 Å². The predicted molar refractivity (Wildman–Crippen MR) is 89.9 cm³/mol. The normalized spacial score (nSPS) is 20.3. The van der Waals surface area contributed by atoms with Crippen molar-refractivity contribution in [3.63, 3.8) is 0 Å². The van der Waals surface area contributed by atoms with Crippen LogP contribution in [-0.4, -0.2) is 47.0 Å². The van der Waals surface area contributed by atoms with E-state index in [2.05, 4.69) is 0 Å². The van der Waals surface area contributed by atoms with Crippen molar-refractivity contribution >= 4 is 5.97 Å². The second-order valence-electron chi connectivity index (χ2n) is 5.99. The van der Waals surface area contributed by atoms with Gasteiger partial charge in [-0.3, -0.25) is 4.79 Å². The number of rotatable bonds is 7. The SMILES string of the molecule is CCOC(=O)[C@@H]1CCC[NH+](Cc2cc(OC)c(OC)cc2OC)C1. The molecule has 1 aromatic rings. The van der Waals surface area contributed by atoms with Gasteiger partial charge in [-0.25, -0.2) is 0 Å². The highest BCUT2D eigenvalue weighted by atomic mass is 16.5. The molecule has 0 spiro atoms. The third-order valence-corrected chi connectivity index (χ3v) is 4.46. The van der Waals surface area contributed by atoms with Gasteiger partial charge in [-0.15, -0.1) is 0 Å². The molecule has 0 radical (unpaired) electrons. The van der Waals surface area contributed by atoms with Crippen LogP contribution in [0.3, 0.4) is 0 Å². The number of carbonyl (C=O) groups is 1. The molecule has 1 heterocycles. The number of carbonyl (C=O) groups excluding carboxylic acids is 1. The summed E-state index contributed by atoms with van der Waals surface area (Å²) in [5, 5.41) is 0. The molecule has 134 valence electrons. The molecule has 1 aromatic carbocycles. The molecule has 1 aliphatic heterocycles. The molecular weight excluding hydrogens is 310 g/mol. The Morgan fingerprint density at radius 2 is 1.79 bits per heavy atom. The first-order chi connectivity index (χ1) is 11.6. The lowest BCUT2D eigenvalue weighted by Gasteiger charge is -2.29. The first-order valence-electron chi connectivity index (χ1n) is 8.42. The van der Waals surface area contributed by atoms with Gasteiger partial charge in [0.1, 0.15) is 18.2 Å². The molecule has 2 rings (SSSR count). The Bertz CT molecular complexity index is 561. The summed E-state index contributed by atoms with van der Waals surface area (Å²) in [6.07, 6.45) is 1.93. The molecule has 0 aliphatic carbocycles. The number of likely N-dealkylation sites (tertiary alicyclic amines) is 1. The van der Waals surface area contributed by atoms with E-state index in [-0.39, 0.29) is 11.9 Å². The fraction of sp³-hybridized carbons (Fsp3) is 0.611. The molecular formula is C18H28NO5+. The molecule has 0 amide bonds. The lowest BCUT2D eigenvalue weighted by atomic mass is 9.97. The summed E-state index contributed by atoms with van der Waals surface area (Å²) in [6.45, 7) is 4.89. The van der Waals surface area contributed by atoms with Gasteiger partial charge in [0.05, 0.1) is 46.6 Å². The van der Waals surface area contributed by atoms with Crippen LogP contribution in [0.4, 0.5) is 0 Å². The molecule has 1 fully saturated rings. The molecule has 0 saturated carbocycles. The Labute approximate surface area is 143 Å². The minimum Gasteiger partial charge on any atom is -0.496 e. The zero-order chi connectivity index (χ0) is 17.5. The molecule has 6 nitrogen and oxygen atoms in total. The van der Waals surface area contributed by atoms with E-state index in [0.29, 0.717) is 18.1 Å². The Morgan fingerprint density at radius 1 is 1.12 bits per heavy atom. The van der Waals surface area contributed by atoms with E-state index in [1.165, 1.54) is 4.90 Å². The van der Waals surface area contributed by atoms with E-state index >= 15 is 0 Å². The van der Waals surface area contributed by atoms with Crippen molar-refractivity contribution in [1.29, 1.82) is 0 Å². The van der Waals surface area contributed by atoms with Gasteiger partial charge < -0.3 is 23.8 Å². The summed E-state index contributed by atoms with van der Waals surface area (Å²) < 4.78 is 21.4. The van der Waals surface area contributed by atoms with E-state index in [1.807, 2.05) is 19.1 Å². The maximum atomic E-state index is 12.0. The summed E-state index contributed by atoms with van der Waals surface area (Å²) in [5.41, 5.74) is 1.05. The van der Waals surface area contributed by atoms with Crippen molar-refractivity contribution < 1.29 is 28.6 Å². The van der Waals surface area contributed by atoms with Crippen molar-refractivity contribution in [2.75, 3.05) is 41.0 Å². The van der Waals surface area contributed by atoms with E-state index in [9.17, 15) is 4.79 Å². The van der Waals surface area contributed by atoms with Crippen LogP contribution >= 0.6 is 0 Å². The average Bonchev–Trinajstić information content (AvgIpc) is 2.61. The number of benzene rings is 1. The van der Waals surface area contributed by atoms with Gasteiger partial charge in [0.15, 0.2) is 11.5 Å². The summed E-state index contributed by atoms with van der Waals surface area (Å²) >= 11 is 0. The number of hydrogen-bond donors (Lipinski definition) is 1. The van der Waals surface area contributed by atoms with Crippen LogP contribution in [0.2, 0.25) is 0 Å². The number of piperidine rings is 1. The molecule has 2 atom stereocenters. The van der Waals surface area contributed by atoms with Crippen LogP contribution in [-0.2, 0) is 16.1 Å². The maximum absolute atomic E-state index is 12.0. The summed E-state index contributed by atoms with van der Waals surface area (Å²) in [6, 6.07) is 3.80. The zero-order valence-corrected chi connectivity index (χ0v) is 15.0. The van der Waals surface area contributed by atoms with Gasteiger partial charge in [0, 0.05) is 6.07 Å². The van der Waals surface area contributed by atoms with E-state index in [1.54, 1.807) is 21.3 Å². The largest absolute Gasteiger partial charge is 0.496 e. The number of esters is 1. The van der Waals surface area contributed by atoms with Crippen molar-refractivity contribution in [2.24, 2.45) is 5.92 Å². The Hall–Kier alpha value is -1.95. The van der Waals surface area contributed by atoms with Crippen LogP contribution in [0.15, 0.2) is 12.1 Å². The quantitative estimate of drug-likeness (QED) is 0.754. The Balaban J connectivity index is 2.13. The second kappa shape index (κ2) is 8.78. The van der Waals surface area contributed by atoms with Crippen LogP contribution < -0.4 is 19.1 Å². The van der Waals surface area contributed by atoms with Gasteiger partial charge in [-0.2, -0.15) is 0 Å². The van der Waals surface area contributed by atoms with Gasteiger partial charge in [-0.05, 0) is 25.8 Å². The molecule has 1 unspecified atom stereocenters. The predicted octanol–water partition coefficient (Wildman–Crippen LogP) is 1.07. The van der Waals surface area contributed by atoms with Crippen LogP contribution in [0.5, 0.6) is 17.2 Å². The standard InChI is InChI=1S/C18H27NO5/c1-5-24-18(20)13-7-6-8-19(11-13)12-14-9-16(22-3)17(23-4)10-15(14)21-2/h9-10,13H,5-8,11-12H2,1-4H3/p+1/t13-/m1/s1. The van der Waals surface area contributed by atoms with E-state index in [0.717, 1.165) is 43.8 Å². The van der Waals surface area contributed by atoms with Gasteiger partial charge in [0.25, 0.3) is 0 Å². The van der Waals surface area contributed by atoms with Gasteiger partial charge in [-0.1, -0.05) is 0 Å². The molecule has 1 N–H and O–H groups in total. The molecule has 0 aromatic heterocycles. The van der Waals surface area contributed by atoms with Crippen molar-refractivity contribution in [3.8, 4) is 17.2 Å². The van der Waals surface area contributed by atoms with Crippen molar-refractivity contribution in [3.05, 3.63) is 17.7 Å². The van der Waals surface area contributed by atoms with Crippen LogP contribution in [0.25, 0.3) is 0 Å². The van der Waals surface area contributed by atoms with Gasteiger partial charge in [0.2, 0.25) is 0 Å². The van der Waals surface area contributed by atoms with Crippen LogP contribution in [0.1, 0.15) is 25.3 Å². The summed E-state index contributed by atoms with van der Waals surface area (Å²) in [7, 11) is 4.88. The summed E-state index contributed by atoms with van der Waals surface area (Å²) in [4.78, 5) is 13.4. The third-order valence-electron chi connectivity index (χ3n) is 4.46. The fourth-order valence-corrected chi connectivity index (χ4v) is 3.27. The van der Waals surface area contributed by atoms with Gasteiger partial charge >= 0.3 is 5.97 Å². The number of hydrogen-bond acceptors (Lipinski definition) is 5. The monoisotopic (exact) mass is 338 g/mol. The molecule has 0 bridgehead atoms. The van der Waals surface area contributed by atoms with Crippen LogP contribution in [0, 0.1) is 5.92 Å². The van der Waals surface area contributed by atoms with Crippen molar-refractivity contribution in [1.82, 2.24) is 0 Å². The number of nitrogens with one attached hydrogen (secondary N) is 1. The highest BCUT2D eigenvalue weighted by molar-refractivity contribution is 5.72.